The Morgan fingerprint density at radius 3 is 2.47 bits per heavy atom. The number of nitrogen functional groups attached to an aromatic ring is 1. The van der Waals surface area contributed by atoms with Crippen LogP contribution in [-0.4, -0.2) is 5.78 Å². The number of hydrogen-bond donors (Lipinski definition) is 1. The van der Waals surface area contributed by atoms with Gasteiger partial charge in [0, 0.05) is 17.7 Å². The van der Waals surface area contributed by atoms with Crippen LogP contribution in [0.5, 0.6) is 0 Å². The van der Waals surface area contributed by atoms with Crippen molar-refractivity contribution in [3.63, 3.8) is 0 Å². The lowest BCUT2D eigenvalue weighted by Crippen LogP contribution is -2.20. The van der Waals surface area contributed by atoms with E-state index in [0.29, 0.717) is 28.6 Å². The lowest BCUT2D eigenvalue weighted by Gasteiger charge is -2.26. The molecule has 0 fully saturated rings. The Labute approximate surface area is 108 Å². The van der Waals surface area contributed by atoms with E-state index in [1.807, 2.05) is 0 Å². The Morgan fingerprint density at radius 1 is 1.41 bits per heavy atom. The first-order valence-electron chi connectivity index (χ1n) is 5.80. The number of ketones is 1. The molecule has 3 heteroatoms. The molecule has 0 aromatic heterocycles. The van der Waals surface area contributed by atoms with E-state index < -0.39 is 0 Å². The van der Waals surface area contributed by atoms with Gasteiger partial charge in [-0.3, -0.25) is 4.79 Å². The van der Waals surface area contributed by atoms with Crippen LogP contribution in [0.2, 0.25) is 5.02 Å². The van der Waals surface area contributed by atoms with E-state index in [9.17, 15) is 4.79 Å². The number of halogens is 1. The second-order valence-corrected chi connectivity index (χ2v) is 6.04. The maximum atomic E-state index is 12.1. The van der Waals surface area contributed by atoms with E-state index in [2.05, 4.69) is 27.7 Å². The van der Waals surface area contributed by atoms with E-state index in [0.717, 1.165) is 0 Å². The molecule has 0 aliphatic rings. The first-order chi connectivity index (χ1) is 7.71. The van der Waals surface area contributed by atoms with E-state index in [1.54, 1.807) is 18.2 Å². The summed E-state index contributed by atoms with van der Waals surface area (Å²) in [5.74, 6) is 0.390. The summed E-state index contributed by atoms with van der Waals surface area (Å²) in [4.78, 5) is 12.1. The highest BCUT2D eigenvalue weighted by Crippen LogP contribution is 2.30. The summed E-state index contributed by atoms with van der Waals surface area (Å²) in [7, 11) is 0. The van der Waals surface area contributed by atoms with Gasteiger partial charge in [-0.2, -0.15) is 0 Å². The Balaban J connectivity index is 2.84. The molecule has 1 rings (SSSR count). The summed E-state index contributed by atoms with van der Waals surface area (Å²) >= 11 is 6.02. The summed E-state index contributed by atoms with van der Waals surface area (Å²) in [5.41, 5.74) is 6.87. The molecule has 0 aliphatic carbocycles. The van der Waals surface area contributed by atoms with Crippen LogP contribution in [0.4, 0.5) is 5.69 Å². The van der Waals surface area contributed by atoms with Crippen molar-refractivity contribution in [2.45, 2.75) is 34.1 Å². The predicted octanol–water partition coefficient (Wildman–Crippen LogP) is 4.18. The van der Waals surface area contributed by atoms with Gasteiger partial charge in [-0.05, 0) is 29.5 Å². The van der Waals surface area contributed by atoms with Gasteiger partial charge in [-0.25, -0.2) is 0 Å². The van der Waals surface area contributed by atoms with Gasteiger partial charge in [0.1, 0.15) is 0 Å². The van der Waals surface area contributed by atoms with E-state index in [1.165, 1.54) is 0 Å². The van der Waals surface area contributed by atoms with Crippen LogP contribution in [0, 0.1) is 11.3 Å². The summed E-state index contributed by atoms with van der Waals surface area (Å²) in [6, 6.07) is 5.03. The summed E-state index contributed by atoms with van der Waals surface area (Å²) in [6.07, 6.45) is 0.507. The molecular weight excluding hydrogens is 234 g/mol. The molecule has 0 amide bonds. The standard InChI is InChI=1S/C14H20ClNO/c1-9(14(2,3)4)7-13(17)11-6-5-10(16)8-12(11)15/h5-6,8-9H,7,16H2,1-4H3. The van der Waals surface area contributed by atoms with Crippen molar-refractivity contribution in [3.05, 3.63) is 28.8 Å². The molecule has 0 radical (unpaired) electrons. The topological polar surface area (TPSA) is 43.1 Å². The molecule has 1 aromatic carbocycles. The van der Waals surface area contributed by atoms with Crippen LogP contribution in [0.1, 0.15) is 44.5 Å². The molecule has 17 heavy (non-hydrogen) atoms. The molecule has 0 bridgehead atoms. The number of hydrogen-bond acceptors (Lipinski definition) is 2. The van der Waals surface area contributed by atoms with Gasteiger partial charge in [-0.15, -0.1) is 0 Å². The molecule has 1 unspecified atom stereocenters. The minimum Gasteiger partial charge on any atom is -0.399 e. The molecule has 94 valence electrons. The lowest BCUT2D eigenvalue weighted by molar-refractivity contribution is 0.0927. The van der Waals surface area contributed by atoms with Crippen LogP contribution in [0.15, 0.2) is 18.2 Å². The Hall–Kier alpha value is -1.02. The first-order valence-corrected chi connectivity index (χ1v) is 6.18. The normalized spacial score (nSPS) is 13.5. The quantitative estimate of drug-likeness (QED) is 0.649. The number of rotatable bonds is 3. The molecular formula is C14H20ClNO. The number of nitrogens with two attached hydrogens (primary N) is 1. The lowest BCUT2D eigenvalue weighted by atomic mass is 9.78. The first kappa shape index (κ1) is 14.0. The van der Waals surface area contributed by atoms with Crippen molar-refractivity contribution in [3.8, 4) is 0 Å². The second kappa shape index (κ2) is 5.09. The summed E-state index contributed by atoms with van der Waals surface area (Å²) in [5, 5.41) is 0.441. The van der Waals surface area contributed by atoms with Crippen molar-refractivity contribution >= 4 is 23.1 Å². The fourth-order valence-corrected chi connectivity index (χ4v) is 1.75. The maximum Gasteiger partial charge on any atom is 0.164 e. The van der Waals surface area contributed by atoms with Crippen molar-refractivity contribution in [2.24, 2.45) is 11.3 Å². The average molecular weight is 254 g/mol. The van der Waals surface area contributed by atoms with E-state index in [-0.39, 0.29) is 11.2 Å². The zero-order valence-corrected chi connectivity index (χ0v) is 11.6. The van der Waals surface area contributed by atoms with Gasteiger partial charge in [0.2, 0.25) is 0 Å². The third-order valence-corrected chi connectivity index (χ3v) is 3.58. The fraction of sp³-hybridized carbons (Fsp3) is 0.500. The molecule has 0 spiro atoms. The van der Waals surface area contributed by atoms with Crippen molar-refractivity contribution in [1.29, 1.82) is 0 Å². The Bertz CT molecular complexity index is 421. The highest BCUT2D eigenvalue weighted by molar-refractivity contribution is 6.34. The molecule has 0 heterocycles. The summed E-state index contributed by atoms with van der Waals surface area (Å²) < 4.78 is 0. The van der Waals surface area contributed by atoms with Gasteiger partial charge < -0.3 is 5.73 Å². The molecule has 0 aliphatic heterocycles. The van der Waals surface area contributed by atoms with Gasteiger partial charge in [0.05, 0.1) is 5.02 Å². The van der Waals surface area contributed by atoms with Crippen molar-refractivity contribution in [2.75, 3.05) is 5.73 Å². The molecule has 0 saturated heterocycles. The number of benzene rings is 1. The number of carbonyl (C=O) groups excluding carboxylic acids is 1. The monoisotopic (exact) mass is 253 g/mol. The molecule has 1 aromatic rings. The van der Waals surface area contributed by atoms with Crippen LogP contribution in [0.3, 0.4) is 0 Å². The van der Waals surface area contributed by atoms with Crippen LogP contribution in [-0.2, 0) is 0 Å². The zero-order chi connectivity index (χ0) is 13.2. The van der Waals surface area contributed by atoms with Crippen LogP contribution < -0.4 is 5.73 Å². The predicted molar refractivity (Wildman–Crippen MR) is 73.4 cm³/mol. The number of carbonyl (C=O) groups is 1. The van der Waals surface area contributed by atoms with E-state index in [4.69, 9.17) is 17.3 Å². The van der Waals surface area contributed by atoms with Crippen LogP contribution in [0.25, 0.3) is 0 Å². The van der Waals surface area contributed by atoms with Gasteiger partial charge in [-0.1, -0.05) is 39.3 Å². The van der Waals surface area contributed by atoms with Gasteiger partial charge in [0.25, 0.3) is 0 Å². The van der Waals surface area contributed by atoms with Crippen molar-refractivity contribution < 1.29 is 4.79 Å². The largest absolute Gasteiger partial charge is 0.399 e. The highest BCUT2D eigenvalue weighted by Gasteiger charge is 2.23. The minimum absolute atomic E-state index is 0.0809. The SMILES string of the molecule is CC(CC(=O)c1ccc(N)cc1Cl)C(C)(C)C. The average Bonchev–Trinajstić information content (AvgIpc) is 2.15. The minimum atomic E-state index is 0.0809. The smallest absolute Gasteiger partial charge is 0.164 e. The van der Waals surface area contributed by atoms with Gasteiger partial charge >= 0.3 is 0 Å². The molecule has 0 saturated carbocycles. The zero-order valence-electron chi connectivity index (χ0n) is 10.9. The number of Topliss-reactive ketones (excluding diaryl/α,β-unsaturated/α-hetero) is 1. The van der Waals surface area contributed by atoms with Crippen LogP contribution >= 0.6 is 11.6 Å². The maximum absolute atomic E-state index is 12.1. The fourth-order valence-electron chi connectivity index (χ4n) is 1.45. The Kier molecular flexibility index (Phi) is 4.21. The summed E-state index contributed by atoms with van der Waals surface area (Å²) in [6.45, 7) is 8.49. The molecule has 1 atom stereocenters. The third kappa shape index (κ3) is 3.74. The third-order valence-electron chi connectivity index (χ3n) is 3.26. The number of anilines is 1. The highest BCUT2D eigenvalue weighted by atomic mass is 35.5. The Morgan fingerprint density at radius 2 is 2.00 bits per heavy atom. The van der Waals surface area contributed by atoms with Gasteiger partial charge in [0.15, 0.2) is 5.78 Å². The molecule has 2 nitrogen and oxygen atoms in total. The van der Waals surface area contributed by atoms with E-state index >= 15 is 0 Å². The van der Waals surface area contributed by atoms with Crippen molar-refractivity contribution in [1.82, 2.24) is 0 Å². The second-order valence-electron chi connectivity index (χ2n) is 5.63. The molecule has 2 N–H and O–H groups in total.